The molecule has 70 valence electrons. The standard InChI is InChI=1S/C4H5N.C2H6O4S/c1-2-4-5-3-1;1-2-6-7(3,4)5/h1-5H;2H2,1H3,(H,3,4,5). The fraction of sp³-hybridized carbons (Fsp3) is 0.333. The van der Waals surface area contributed by atoms with Gasteiger partial charge in [-0.25, -0.2) is 4.18 Å². The van der Waals surface area contributed by atoms with Crippen molar-refractivity contribution >= 4 is 10.4 Å². The van der Waals surface area contributed by atoms with Crippen LogP contribution in [-0.4, -0.2) is 24.6 Å². The van der Waals surface area contributed by atoms with Crippen LogP contribution in [0.5, 0.6) is 0 Å². The van der Waals surface area contributed by atoms with E-state index in [1.807, 2.05) is 24.5 Å². The number of rotatable bonds is 2. The molecule has 0 aromatic carbocycles. The topological polar surface area (TPSA) is 79.4 Å². The normalized spacial score (nSPS) is 10.2. The predicted octanol–water partition coefficient (Wildman–Crippen LogP) is 0.840. The molecule has 0 radical (unpaired) electrons. The molecule has 5 nitrogen and oxygen atoms in total. The summed E-state index contributed by atoms with van der Waals surface area (Å²) >= 11 is 0. The van der Waals surface area contributed by atoms with Crippen molar-refractivity contribution in [2.75, 3.05) is 6.61 Å². The Kier molecular flexibility index (Phi) is 5.35. The lowest BCUT2D eigenvalue weighted by Gasteiger charge is -1.88. The van der Waals surface area contributed by atoms with Crippen LogP contribution in [0.4, 0.5) is 0 Å². The SMILES string of the molecule is CCOS(=O)(=O)O.c1cc[nH]c1. The van der Waals surface area contributed by atoms with Crippen LogP contribution < -0.4 is 0 Å². The first-order valence-electron chi connectivity index (χ1n) is 3.26. The predicted molar refractivity (Wildman–Crippen MR) is 44.0 cm³/mol. The van der Waals surface area contributed by atoms with Gasteiger partial charge in [-0.2, -0.15) is 8.42 Å². The Morgan fingerprint density at radius 1 is 1.42 bits per heavy atom. The van der Waals surface area contributed by atoms with Gasteiger partial charge in [-0.3, -0.25) is 4.55 Å². The molecule has 2 N–H and O–H groups in total. The van der Waals surface area contributed by atoms with E-state index in [4.69, 9.17) is 4.55 Å². The quantitative estimate of drug-likeness (QED) is 0.682. The molecule has 0 aliphatic carbocycles. The van der Waals surface area contributed by atoms with E-state index in [9.17, 15) is 8.42 Å². The summed E-state index contributed by atoms with van der Waals surface area (Å²) in [5.41, 5.74) is 0. The van der Waals surface area contributed by atoms with Crippen molar-refractivity contribution in [3.63, 3.8) is 0 Å². The van der Waals surface area contributed by atoms with Gasteiger partial charge in [-0.15, -0.1) is 0 Å². The maximum absolute atomic E-state index is 9.56. The van der Waals surface area contributed by atoms with E-state index in [2.05, 4.69) is 9.17 Å². The van der Waals surface area contributed by atoms with Crippen LogP contribution in [0.2, 0.25) is 0 Å². The van der Waals surface area contributed by atoms with Crippen LogP contribution in [0.1, 0.15) is 6.92 Å². The first-order valence-corrected chi connectivity index (χ1v) is 4.62. The highest BCUT2D eigenvalue weighted by molar-refractivity contribution is 7.80. The Hall–Kier alpha value is -0.850. The molecule has 0 bridgehead atoms. The lowest BCUT2D eigenvalue weighted by Crippen LogP contribution is -2.01. The lowest BCUT2D eigenvalue weighted by atomic mass is 10.7. The van der Waals surface area contributed by atoms with E-state index in [1.54, 1.807) is 0 Å². The Labute approximate surface area is 71.3 Å². The fourth-order valence-electron chi connectivity index (χ4n) is 0.427. The molecule has 0 saturated carbocycles. The highest BCUT2D eigenvalue weighted by atomic mass is 32.3. The third-order valence-electron chi connectivity index (χ3n) is 0.763. The van der Waals surface area contributed by atoms with E-state index in [0.29, 0.717) is 0 Å². The highest BCUT2D eigenvalue weighted by Gasteiger charge is 1.98. The summed E-state index contributed by atoms with van der Waals surface area (Å²) in [5, 5.41) is 0. The van der Waals surface area contributed by atoms with Gasteiger partial charge in [0.1, 0.15) is 0 Å². The van der Waals surface area contributed by atoms with Crippen molar-refractivity contribution in [3.8, 4) is 0 Å². The van der Waals surface area contributed by atoms with Gasteiger partial charge >= 0.3 is 10.4 Å². The fourth-order valence-corrected chi connectivity index (χ4v) is 0.725. The lowest BCUT2D eigenvalue weighted by molar-refractivity contribution is 0.283. The van der Waals surface area contributed by atoms with Crippen LogP contribution in [0, 0.1) is 0 Å². The maximum atomic E-state index is 9.56. The molecule has 1 aromatic heterocycles. The first-order chi connectivity index (χ1) is 5.56. The number of nitrogens with one attached hydrogen (secondary N) is 1. The van der Waals surface area contributed by atoms with Crippen molar-refractivity contribution < 1.29 is 17.2 Å². The minimum absolute atomic E-state index is 0.0289. The molecule has 1 rings (SSSR count). The molecular formula is C6H11NO4S. The zero-order chi connectivity index (χ0) is 9.45. The number of hydrogen-bond donors (Lipinski definition) is 2. The Balaban J connectivity index is 0.000000211. The molecule has 0 unspecified atom stereocenters. The molecule has 0 atom stereocenters. The molecular weight excluding hydrogens is 182 g/mol. The van der Waals surface area contributed by atoms with E-state index in [1.165, 1.54) is 6.92 Å². The van der Waals surface area contributed by atoms with Gasteiger partial charge in [0.05, 0.1) is 6.61 Å². The molecule has 0 aliphatic heterocycles. The van der Waals surface area contributed by atoms with Gasteiger partial charge in [-0.1, -0.05) is 0 Å². The molecule has 0 spiro atoms. The van der Waals surface area contributed by atoms with Crippen LogP contribution in [0.25, 0.3) is 0 Å². The van der Waals surface area contributed by atoms with Crippen LogP contribution in [0.3, 0.4) is 0 Å². The third-order valence-corrected chi connectivity index (χ3v) is 1.30. The summed E-state index contributed by atoms with van der Waals surface area (Å²) in [5.74, 6) is 0. The zero-order valence-corrected chi connectivity index (χ0v) is 7.41. The van der Waals surface area contributed by atoms with Crippen molar-refractivity contribution in [2.45, 2.75) is 6.92 Å². The number of aromatic nitrogens is 1. The van der Waals surface area contributed by atoms with E-state index in [-0.39, 0.29) is 6.61 Å². The third kappa shape index (κ3) is 9.15. The van der Waals surface area contributed by atoms with Crippen molar-refractivity contribution in [1.29, 1.82) is 0 Å². The molecule has 0 amide bonds. The first kappa shape index (κ1) is 11.2. The van der Waals surface area contributed by atoms with Crippen LogP contribution >= 0.6 is 0 Å². The number of hydrogen-bond acceptors (Lipinski definition) is 3. The number of H-pyrrole nitrogens is 1. The summed E-state index contributed by atoms with van der Waals surface area (Å²) < 4.78 is 30.7. The summed E-state index contributed by atoms with van der Waals surface area (Å²) in [6, 6.07) is 3.89. The van der Waals surface area contributed by atoms with Crippen LogP contribution in [-0.2, 0) is 14.6 Å². The smallest absolute Gasteiger partial charge is 0.368 e. The second-order valence-corrected chi connectivity index (χ2v) is 2.81. The minimum Gasteiger partial charge on any atom is -0.368 e. The Bertz CT molecular complexity index is 249. The van der Waals surface area contributed by atoms with E-state index in [0.717, 1.165) is 0 Å². The van der Waals surface area contributed by atoms with Crippen molar-refractivity contribution in [1.82, 2.24) is 4.98 Å². The molecule has 1 heterocycles. The van der Waals surface area contributed by atoms with Gasteiger partial charge in [0, 0.05) is 12.4 Å². The maximum Gasteiger partial charge on any atom is 0.397 e. The molecule has 0 saturated heterocycles. The van der Waals surface area contributed by atoms with E-state index < -0.39 is 10.4 Å². The van der Waals surface area contributed by atoms with Gasteiger partial charge in [-0.05, 0) is 19.1 Å². The minimum atomic E-state index is -4.17. The average Bonchev–Trinajstić information content (AvgIpc) is 2.38. The monoisotopic (exact) mass is 193 g/mol. The second kappa shape index (κ2) is 5.76. The zero-order valence-electron chi connectivity index (χ0n) is 6.60. The second-order valence-electron chi connectivity index (χ2n) is 1.72. The highest BCUT2D eigenvalue weighted by Crippen LogP contribution is 1.81. The summed E-state index contributed by atoms with van der Waals surface area (Å²) in [6.07, 6.45) is 3.75. The molecule has 6 heteroatoms. The Morgan fingerprint density at radius 3 is 2.00 bits per heavy atom. The molecule has 0 aliphatic rings. The molecule has 1 aromatic rings. The van der Waals surface area contributed by atoms with Gasteiger partial charge in [0.25, 0.3) is 0 Å². The van der Waals surface area contributed by atoms with Gasteiger partial charge in [0.2, 0.25) is 0 Å². The van der Waals surface area contributed by atoms with E-state index >= 15 is 0 Å². The number of aromatic amines is 1. The van der Waals surface area contributed by atoms with Crippen molar-refractivity contribution in [3.05, 3.63) is 24.5 Å². The average molecular weight is 193 g/mol. The van der Waals surface area contributed by atoms with Crippen molar-refractivity contribution in [2.24, 2.45) is 0 Å². The Morgan fingerprint density at radius 2 is 1.92 bits per heavy atom. The molecule has 12 heavy (non-hydrogen) atoms. The summed E-state index contributed by atoms with van der Waals surface area (Å²) in [7, 11) is -4.17. The molecule has 0 fully saturated rings. The van der Waals surface area contributed by atoms with Gasteiger partial charge < -0.3 is 4.98 Å². The van der Waals surface area contributed by atoms with Gasteiger partial charge in [0.15, 0.2) is 0 Å². The largest absolute Gasteiger partial charge is 0.397 e. The summed E-state index contributed by atoms with van der Waals surface area (Å²) in [6.45, 7) is 1.44. The summed E-state index contributed by atoms with van der Waals surface area (Å²) in [4.78, 5) is 2.86. The van der Waals surface area contributed by atoms with Crippen LogP contribution in [0.15, 0.2) is 24.5 Å².